The van der Waals surface area contributed by atoms with Crippen molar-refractivity contribution in [2.45, 2.75) is 25.6 Å². The summed E-state index contributed by atoms with van der Waals surface area (Å²) in [6, 6.07) is 4.61. The first-order valence-corrected chi connectivity index (χ1v) is 5.74. The molecule has 0 aromatic heterocycles. The van der Waals surface area contributed by atoms with Gasteiger partial charge in [0.25, 0.3) is 0 Å². The van der Waals surface area contributed by atoms with Crippen molar-refractivity contribution >= 4 is 11.6 Å². The van der Waals surface area contributed by atoms with Gasteiger partial charge in [0.05, 0.1) is 12.7 Å². The lowest BCUT2D eigenvalue weighted by atomic mass is 9.83. The van der Waals surface area contributed by atoms with Crippen LogP contribution in [0.25, 0.3) is 0 Å². The Morgan fingerprint density at radius 2 is 2.19 bits per heavy atom. The van der Waals surface area contributed by atoms with Gasteiger partial charge in [0.15, 0.2) is 0 Å². The molecule has 1 aromatic rings. The average molecular weight is 245 g/mol. The third kappa shape index (κ3) is 2.54. The van der Waals surface area contributed by atoms with Crippen molar-refractivity contribution in [2.75, 3.05) is 6.61 Å². The highest BCUT2D eigenvalue weighted by Gasteiger charge is 2.29. The minimum atomic E-state index is -0.328. The van der Waals surface area contributed by atoms with Gasteiger partial charge in [0.1, 0.15) is 5.82 Å². The molecule has 2 nitrogen and oxygen atoms in total. The third-order valence-corrected chi connectivity index (χ3v) is 3.33. The highest BCUT2D eigenvalue weighted by atomic mass is 35.5. The van der Waals surface area contributed by atoms with Crippen LogP contribution in [0.5, 0.6) is 0 Å². The highest BCUT2D eigenvalue weighted by molar-refractivity contribution is 6.31. The second-order valence-electron chi connectivity index (χ2n) is 4.15. The molecule has 1 aliphatic rings. The van der Waals surface area contributed by atoms with Crippen molar-refractivity contribution in [3.05, 3.63) is 34.6 Å². The van der Waals surface area contributed by atoms with E-state index in [0.717, 1.165) is 12.8 Å². The zero-order valence-corrected chi connectivity index (χ0v) is 9.58. The van der Waals surface area contributed by atoms with Crippen LogP contribution in [0.15, 0.2) is 18.2 Å². The van der Waals surface area contributed by atoms with Crippen molar-refractivity contribution in [3.8, 4) is 0 Å². The third-order valence-electron chi connectivity index (χ3n) is 2.98. The first kappa shape index (κ1) is 11.8. The summed E-state index contributed by atoms with van der Waals surface area (Å²) in [4.78, 5) is 0. The minimum Gasteiger partial charge on any atom is -0.396 e. The van der Waals surface area contributed by atoms with E-state index in [0.29, 0.717) is 16.5 Å². The molecule has 1 aliphatic carbocycles. The number of aliphatic hydroxyl groups is 1. The van der Waals surface area contributed by atoms with E-state index < -0.39 is 0 Å². The number of aliphatic hydroxyl groups excluding tert-OH is 1. The van der Waals surface area contributed by atoms with E-state index in [1.807, 2.05) is 0 Å². The SMILES string of the molecule is OCC1CC(OCc2c(F)cccc2Cl)C1. The van der Waals surface area contributed by atoms with Gasteiger partial charge in [-0.15, -0.1) is 0 Å². The topological polar surface area (TPSA) is 29.5 Å². The lowest BCUT2D eigenvalue weighted by Crippen LogP contribution is -2.33. The zero-order chi connectivity index (χ0) is 11.5. The Hall–Kier alpha value is -0.640. The minimum absolute atomic E-state index is 0.132. The Balaban J connectivity index is 1.86. The Labute approximate surface area is 99.0 Å². The standard InChI is InChI=1S/C12H14ClFO2/c13-11-2-1-3-12(14)10(11)7-16-9-4-8(5-9)6-15/h1-3,8-9,15H,4-7H2. The Bertz CT molecular complexity index is 344. The maximum absolute atomic E-state index is 13.4. The summed E-state index contributed by atoms with van der Waals surface area (Å²) >= 11 is 5.87. The summed E-state index contributed by atoms with van der Waals surface area (Å²) in [7, 11) is 0. The molecule has 0 aliphatic heterocycles. The predicted octanol–water partition coefficient (Wildman–Crippen LogP) is 2.77. The van der Waals surface area contributed by atoms with E-state index in [1.54, 1.807) is 12.1 Å². The van der Waals surface area contributed by atoms with Crippen LogP contribution < -0.4 is 0 Å². The van der Waals surface area contributed by atoms with Gasteiger partial charge in [0.2, 0.25) is 0 Å². The molecule has 16 heavy (non-hydrogen) atoms. The molecule has 1 fully saturated rings. The number of halogens is 2. The molecule has 0 unspecified atom stereocenters. The van der Waals surface area contributed by atoms with Crippen LogP contribution in [0.1, 0.15) is 18.4 Å². The lowest BCUT2D eigenvalue weighted by Gasteiger charge is -2.33. The van der Waals surface area contributed by atoms with Crippen LogP contribution in [0.4, 0.5) is 4.39 Å². The number of rotatable bonds is 4. The smallest absolute Gasteiger partial charge is 0.130 e. The van der Waals surface area contributed by atoms with Crippen LogP contribution in [-0.2, 0) is 11.3 Å². The molecule has 88 valence electrons. The van der Waals surface area contributed by atoms with E-state index in [2.05, 4.69) is 0 Å². The van der Waals surface area contributed by atoms with Gasteiger partial charge in [-0.2, -0.15) is 0 Å². The van der Waals surface area contributed by atoms with Gasteiger partial charge in [0, 0.05) is 17.2 Å². The lowest BCUT2D eigenvalue weighted by molar-refractivity contribution is -0.0539. The highest BCUT2D eigenvalue weighted by Crippen LogP contribution is 2.31. The van der Waals surface area contributed by atoms with Gasteiger partial charge in [-0.3, -0.25) is 0 Å². The van der Waals surface area contributed by atoms with Gasteiger partial charge in [-0.1, -0.05) is 17.7 Å². The largest absolute Gasteiger partial charge is 0.396 e. The van der Waals surface area contributed by atoms with E-state index in [1.165, 1.54) is 6.07 Å². The fourth-order valence-corrected chi connectivity index (χ4v) is 2.05. The molecule has 2 rings (SSSR count). The van der Waals surface area contributed by atoms with Crippen molar-refractivity contribution in [3.63, 3.8) is 0 Å². The first-order valence-electron chi connectivity index (χ1n) is 5.36. The Kier molecular flexibility index (Phi) is 3.79. The number of benzene rings is 1. The molecule has 0 radical (unpaired) electrons. The maximum Gasteiger partial charge on any atom is 0.130 e. The molecule has 0 heterocycles. The van der Waals surface area contributed by atoms with Crippen LogP contribution in [0.3, 0.4) is 0 Å². The number of ether oxygens (including phenoxy) is 1. The molecule has 1 N–H and O–H groups in total. The summed E-state index contributed by atoms with van der Waals surface area (Å²) in [5.41, 5.74) is 0.414. The number of hydrogen-bond donors (Lipinski definition) is 1. The van der Waals surface area contributed by atoms with Crippen molar-refractivity contribution in [2.24, 2.45) is 5.92 Å². The Morgan fingerprint density at radius 3 is 2.81 bits per heavy atom. The van der Waals surface area contributed by atoms with Crippen molar-refractivity contribution in [1.29, 1.82) is 0 Å². The molecule has 0 atom stereocenters. The zero-order valence-electron chi connectivity index (χ0n) is 8.83. The molecule has 4 heteroatoms. The van der Waals surface area contributed by atoms with E-state index in [4.69, 9.17) is 21.4 Å². The molecule has 0 spiro atoms. The van der Waals surface area contributed by atoms with Crippen LogP contribution in [0, 0.1) is 11.7 Å². The first-order chi connectivity index (χ1) is 7.70. The summed E-state index contributed by atoms with van der Waals surface area (Å²) in [5.74, 6) is 0.0200. The van der Waals surface area contributed by atoms with Crippen LogP contribution in [0.2, 0.25) is 5.02 Å². The second kappa shape index (κ2) is 5.13. The van der Waals surface area contributed by atoms with Gasteiger partial charge < -0.3 is 9.84 Å². The quantitative estimate of drug-likeness (QED) is 0.883. The molecule has 1 saturated carbocycles. The predicted molar refractivity (Wildman–Crippen MR) is 59.8 cm³/mol. The van der Waals surface area contributed by atoms with Crippen molar-refractivity contribution in [1.82, 2.24) is 0 Å². The summed E-state index contributed by atoms with van der Waals surface area (Å²) < 4.78 is 18.9. The fraction of sp³-hybridized carbons (Fsp3) is 0.500. The average Bonchev–Trinajstić information content (AvgIpc) is 2.19. The summed E-state index contributed by atoms with van der Waals surface area (Å²) in [6.07, 6.45) is 1.83. The molecular weight excluding hydrogens is 231 g/mol. The summed E-state index contributed by atoms with van der Waals surface area (Å²) in [5, 5.41) is 9.24. The molecule has 0 saturated heterocycles. The van der Waals surface area contributed by atoms with Gasteiger partial charge in [-0.25, -0.2) is 4.39 Å². The molecular formula is C12H14ClFO2. The number of hydrogen-bond acceptors (Lipinski definition) is 2. The second-order valence-corrected chi connectivity index (χ2v) is 4.56. The fourth-order valence-electron chi connectivity index (χ4n) is 1.83. The van der Waals surface area contributed by atoms with E-state index in [-0.39, 0.29) is 25.1 Å². The van der Waals surface area contributed by atoms with Crippen LogP contribution in [-0.4, -0.2) is 17.8 Å². The van der Waals surface area contributed by atoms with Crippen molar-refractivity contribution < 1.29 is 14.2 Å². The molecule has 0 bridgehead atoms. The molecule has 0 amide bonds. The monoisotopic (exact) mass is 244 g/mol. The molecule has 1 aromatic carbocycles. The van der Waals surface area contributed by atoms with Crippen LogP contribution >= 0.6 is 11.6 Å². The maximum atomic E-state index is 13.4. The van der Waals surface area contributed by atoms with E-state index >= 15 is 0 Å². The Morgan fingerprint density at radius 1 is 1.44 bits per heavy atom. The van der Waals surface area contributed by atoms with Gasteiger partial charge in [-0.05, 0) is 30.9 Å². The summed E-state index contributed by atoms with van der Waals surface area (Å²) in [6.45, 7) is 0.411. The van der Waals surface area contributed by atoms with Gasteiger partial charge >= 0.3 is 0 Å². The van der Waals surface area contributed by atoms with E-state index in [9.17, 15) is 4.39 Å². The normalized spacial score (nSPS) is 24.2.